The van der Waals surface area contributed by atoms with Gasteiger partial charge in [-0.25, -0.2) is 0 Å². The van der Waals surface area contributed by atoms with E-state index in [1.165, 1.54) is 0 Å². The minimum atomic E-state index is 0. The van der Waals surface area contributed by atoms with Crippen LogP contribution in [0.2, 0.25) is 0 Å². The van der Waals surface area contributed by atoms with E-state index in [9.17, 15) is 0 Å². The zero-order valence-electron chi connectivity index (χ0n) is 3.04. The summed E-state index contributed by atoms with van der Waals surface area (Å²) in [6.45, 7) is 0. The molecule has 0 heterocycles. The molecule has 0 aliphatic carbocycles. The molecule has 0 fully saturated rings. The van der Waals surface area contributed by atoms with E-state index in [-0.39, 0.29) is 98.4 Å². The van der Waals surface area contributed by atoms with E-state index in [1.807, 2.05) is 0 Å². The van der Waals surface area contributed by atoms with Crippen LogP contribution in [0.4, 0.5) is 0 Å². The maximum Gasteiger partial charge on any atom is 6.00 e. The van der Waals surface area contributed by atoms with Crippen LogP contribution < -0.4 is 0 Å². The molecule has 5 nitrogen and oxygen atoms in total. The van der Waals surface area contributed by atoms with Gasteiger partial charge in [-0.3, -0.25) is 0 Å². The van der Waals surface area contributed by atoms with Crippen LogP contribution in [-0.2, 0) is 27.4 Å². The Balaban J connectivity index is 0. The second-order valence-electron chi connectivity index (χ2n) is 0. The summed E-state index contributed by atoms with van der Waals surface area (Å²) < 4.78 is 0. The minimum Gasteiger partial charge on any atom is -2.00 e. The van der Waals surface area contributed by atoms with Crippen molar-refractivity contribution >= 4 is 0 Å². The van der Waals surface area contributed by atoms with Crippen LogP contribution in [0.5, 0.6) is 0 Å². The SMILES string of the molecule is [O-2].[O-2].[O-2].[O-2].[O-2].[Th+4].[U+6]. The zero-order valence-corrected chi connectivity index (χ0v) is 11.3. The maximum atomic E-state index is 0. The first kappa shape index (κ1) is 129. The summed E-state index contributed by atoms with van der Waals surface area (Å²) in [6.07, 6.45) is 0. The molecule has 0 radical (unpaired) electrons. The summed E-state index contributed by atoms with van der Waals surface area (Å²) in [5.74, 6) is 0. The summed E-state index contributed by atoms with van der Waals surface area (Å²) in [7, 11) is 0. The maximum absolute atomic E-state index is 0. The van der Waals surface area contributed by atoms with Gasteiger partial charge in [0.05, 0.1) is 0 Å². The van der Waals surface area contributed by atoms with Crippen LogP contribution in [0.15, 0.2) is 0 Å². The molecular weight excluding hydrogens is 550 g/mol. The van der Waals surface area contributed by atoms with Gasteiger partial charge < -0.3 is 27.4 Å². The molecule has 0 aromatic heterocycles. The molecule has 0 spiro atoms. The Morgan fingerprint density at radius 2 is 0.429 bits per heavy atom. The summed E-state index contributed by atoms with van der Waals surface area (Å²) in [5, 5.41) is 0. The van der Waals surface area contributed by atoms with Gasteiger partial charge in [-0.1, -0.05) is 0 Å². The second kappa shape index (κ2) is 88.9. The average Bonchev–Trinajstić information content (AvgIpc) is 0. The number of hydrogen-bond donors (Lipinski definition) is 0. The molecule has 0 N–H and O–H groups in total. The van der Waals surface area contributed by atoms with E-state index in [0.29, 0.717) is 0 Å². The molecule has 0 saturated heterocycles. The summed E-state index contributed by atoms with van der Waals surface area (Å²) >= 11 is 0. The Bertz CT molecular complexity index is 8.04. The Morgan fingerprint density at radius 1 is 0.429 bits per heavy atom. The third-order valence-corrected chi connectivity index (χ3v) is 0. The van der Waals surface area contributed by atoms with Gasteiger partial charge >= 0.3 is 71.1 Å². The third-order valence-electron chi connectivity index (χ3n) is 0. The van der Waals surface area contributed by atoms with E-state index < -0.39 is 0 Å². The fraction of sp³-hybridized carbons (Fsp3) is 0. The number of hydrogen-bond acceptors (Lipinski definition) is 0. The van der Waals surface area contributed by atoms with Crippen LogP contribution in [0, 0.1) is 71.1 Å². The fourth-order valence-electron chi connectivity index (χ4n) is 0. The molecule has 0 aliphatic heterocycles. The third kappa shape index (κ3) is 65.8. The molecule has 7 heavy (non-hydrogen) atoms. The van der Waals surface area contributed by atoms with Crippen molar-refractivity contribution in [1.29, 1.82) is 0 Å². The van der Waals surface area contributed by atoms with Gasteiger partial charge in [-0.2, -0.15) is 0 Å². The summed E-state index contributed by atoms with van der Waals surface area (Å²) in [6, 6.07) is 0. The van der Waals surface area contributed by atoms with Crippen molar-refractivity contribution in [2.45, 2.75) is 0 Å². The van der Waals surface area contributed by atoms with Crippen LogP contribution in [-0.4, -0.2) is 0 Å². The van der Waals surface area contributed by atoms with E-state index in [4.69, 9.17) is 0 Å². The van der Waals surface area contributed by atoms with Crippen LogP contribution in [0.25, 0.3) is 0 Å². The Hall–Kier alpha value is 2.18. The van der Waals surface area contributed by atoms with Gasteiger partial charge in [0, 0.05) is 0 Å². The van der Waals surface area contributed by atoms with Crippen molar-refractivity contribution in [3.8, 4) is 0 Å². The first-order chi connectivity index (χ1) is 0. The molecule has 0 aliphatic rings. The van der Waals surface area contributed by atoms with Crippen LogP contribution in [0.1, 0.15) is 0 Å². The largest absolute Gasteiger partial charge is 6.00 e. The first-order valence-corrected chi connectivity index (χ1v) is 0. The fourth-order valence-corrected chi connectivity index (χ4v) is 0. The van der Waals surface area contributed by atoms with E-state index in [2.05, 4.69) is 0 Å². The monoisotopic (exact) mass is 550 g/mol. The van der Waals surface area contributed by atoms with Crippen LogP contribution in [0.3, 0.4) is 0 Å². The van der Waals surface area contributed by atoms with Crippen molar-refractivity contribution in [2.24, 2.45) is 0 Å². The van der Waals surface area contributed by atoms with Crippen molar-refractivity contribution in [1.82, 2.24) is 0 Å². The van der Waals surface area contributed by atoms with Crippen molar-refractivity contribution in [3.05, 3.63) is 0 Å². The molecule has 0 amide bonds. The molecule has 38 valence electrons. The predicted molar refractivity (Wildman–Crippen MR) is 3.43 cm³/mol. The predicted octanol–water partition coefficient (Wildman–Crippen LogP) is -0.594. The summed E-state index contributed by atoms with van der Waals surface area (Å²) in [4.78, 5) is 0. The molecule has 0 atom stereocenters. The van der Waals surface area contributed by atoms with Gasteiger partial charge in [-0.15, -0.1) is 0 Å². The van der Waals surface area contributed by atoms with Gasteiger partial charge in [0.1, 0.15) is 0 Å². The van der Waals surface area contributed by atoms with E-state index in [0.717, 1.165) is 0 Å². The van der Waals surface area contributed by atoms with Crippen molar-refractivity contribution < 1.29 is 98.4 Å². The van der Waals surface area contributed by atoms with Crippen molar-refractivity contribution in [3.63, 3.8) is 0 Å². The topological polar surface area (TPSA) is 142 Å². The molecule has 0 saturated carbocycles. The van der Waals surface area contributed by atoms with Gasteiger partial charge in [-0.05, 0) is 0 Å². The molecule has 0 aromatic carbocycles. The van der Waals surface area contributed by atoms with Crippen LogP contribution >= 0.6 is 0 Å². The van der Waals surface area contributed by atoms with Crippen molar-refractivity contribution in [2.75, 3.05) is 0 Å². The van der Waals surface area contributed by atoms with Gasteiger partial charge in [0.15, 0.2) is 0 Å². The molecule has 0 bridgehead atoms. The second-order valence-corrected chi connectivity index (χ2v) is 0. The quantitative estimate of drug-likeness (QED) is 0.380. The molecular formula is O5ThU. The van der Waals surface area contributed by atoms with Gasteiger partial charge in [0.25, 0.3) is 0 Å². The standard InChI is InChI=1S/5O.Th.U/q5*-2;+4;+6. The smallest absolute Gasteiger partial charge is 2.00 e. The van der Waals surface area contributed by atoms with Gasteiger partial charge in [0.2, 0.25) is 0 Å². The van der Waals surface area contributed by atoms with E-state index in [1.54, 1.807) is 0 Å². The minimum absolute atomic E-state index is 0. The zero-order chi connectivity index (χ0) is 0. The Morgan fingerprint density at radius 3 is 0.429 bits per heavy atom. The molecule has 7 heteroatoms. The Kier molecular flexibility index (Phi) is 1640. The first-order valence-electron chi connectivity index (χ1n) is 0. The summed E-state index contributed by atoms with van der Waals surface area (Å²) in [5.41, 5.74) is 0. The normalized spacial score (nSPS) is 0. The number of rotatable bonds is 0. The molecule has 0 aromatic rings. The average molecular weight is 550 g/mol. The van der Waals surface area contributed by atoms with E-state index >= 15 is 0 Å². The molecule has 0 rings (SSSR count). The molecule has 0 unspecified atom stereocenters. The Labute approximate surface area is 96.8 Å².